The highest BCUT2D eigenvalue weighted by molar-refractivity contribution is 7.89. The summed E-state index contributed by atoms with van der Waals surface area (Å²) in [7, 11) is -3.69. The molecule has 0 spiro atoms. The fourth-order valence-corrected chi connectivity index (χ4v) is 3.79. The highest BCUT2D eigenvalue weighted by atomic mass is 32.2. The van der Waals surface area contributed by atoms with Crippen molar-refractivity contribution >= 4 is 27.3 Å². The normalized spacial score (nSPS) is 11.3. The standard InChI is InChI=1S/C19H19N3O3S2/c1-13-2-6-15(7-3-13)19-22-17(12-26-19)18(23)21-11-10-14-4-8-16(9-5-14)27(20,24)25/h2-9,12H,10-11H2,1H3,(H,21,23)(H2,20,24,25). The van der Waals surface area contributed by atoms with Crippen molar-refractivity contribution in [3.8, 4) is 10.6 Å². The van der Waals surface area contributed by atoms with E-state index in [1.165, 1.54) is 29.0 Å². The second-order valence-corrected chi connectivity index (χ2v) is 8.52. The molecule has 0 saturated carbocycles. The van der Waals surface area contributed by atoms with E-state index in [4.69, 9.17) is 5.14 Å². The van der Waals surface area contributed by atoms with E-state index < -0.39 is 10.0 Å². The lowest BCUT2D eigenvalue weighted by atomic mass is 10.1. The molecule has 3 N–H and O–H groups in total. The first-order valence-corrected chi connectivity index (χ1v) is 10.7. The van der Waals surface area contributed by atoms with Gasteiger partial charge in [0.1, 0.15) is 10.7 Å². The number of nitrogens with two attached hydrogens (primary N) is 1. The summed E-state index contributed by atoms with van der Waals surface area (Å²) < 4.78 is 22.5. The zero-order valence-corrected chi connectivity index (χ0v) is 16.3. The molecule has 0 unspecified atom stereocenters. The third-order valence-electron chi connectivity index (χ3n) is 3.99. The molecule has 1 aromatic heterocycles. The van der Waals surface area contributed by atoms with Gasteiger partial charge in [0.05, 0.1) is 4.90 Å². The maximum Gasteiger partial charge on any atom is 0.270 e. The molecule has 140 valence electrons. The Balaban J connectivity index is 1.56. The second-order valence-electron chi connectivity index (χ2n) is 6.10. The minimum atomic E-state index is -3.69. The lowest BCUT2D eigenvalue weighted by Crippen LogP contribution is -2.26. The number of sulfonamides is 1. The van der Waals surface area contributed by atoms with Crippen molar-refractivity contribution in [1.29, 1.82) is 0 Å². The number of carbonyl (C=O) groups is 1. The largest absolute Gasteiger partial charge is 0.350 e. The molecule has 0 bridgehead atoms. The van der Waals surface area contributed by atoms with Gasteiger partial charge in [0.2, 0.25) is 10.0 Å². The number of hydrogen-bond acceptors (Lipinski definition) is 5. The lowest BCUT2D eigenvalue weighted by molar-refractivity contribution is 0.0950. The fourth-order valence-electron chi connectivity index (χ4n) is 2.46. The van der Waals surface area contributed by atoms with Crippen LogP contribution in [0.5, 0.6) is 0 Å². The lowest BCUT2D eigenvalue weighted by Gasteiger charge is -2.05. The Morgan fingerprint density at radius 1 is 1.11 bits per heavy atom. The molecule has 2 aromatic carbocycles. The van der Waals surface area contributed by atoms with Crippen LogP contribution in [-0.2, 0) is 16.4 Å². The number of thiazole rings is 1. The highest BCUT2D eigenvalue weighted by Crippen LogP contribution is 2.23. The number of primary sulfonamides is 1. The van der Waals surface area contributed by atoms with Crippen LogP contribution in [0.4, 0.5) is 0 Å². The molecular weight excluding hydrogens is 382 g/mol. The molecule has 1 heterocycles. The molecule has 1 amide bonds. The predicted octanol–water partition coefficient (Wildman–Crippen LogP) is 2.74. The summed E-state index contributed by atoms with van der Waals surface area (Å²) in [5, 5.41) is 10.4. The smallest absolute Gasteiger partial charge is 0.270 e. The average molecular weight is 402 g/mol. The summed E-state index contributed by atoms with van der Waals surface area (Å²) in [4.78, 5) is 16.7. The number of nitrogens with one attached hydrogen (secondary N) is 1. The summed E-state index contributed by atoms with van der Waals surface area (Å²) in [6, 6.07) is 14.3. The minimum Gasteiger partial charge on any atom is -0.350 e. The zero-order valence-electron chi connectivity index (χ0n) is 14.7. The van der Waals surface area contributed by atoms with E-state index in [2.05, 4.69) is 10.3 Å². The van der Waals surface area contributed by atoms with Crippen molar-refractivity contribution in [2.75, 3.05) is 6.54 Å². The number of hydrogen-bond donors (Lipinski definition) is 2. The molecule has 0 saturated heterocycles. The van der Waals surface area contributed by atoms with Gasteiger partial charge in [-0.25, -0.2) is 18.5 Å². The van der Waals surface area contributed by atoms with Crippen LogP contribution in [0.15, 0.2) is 58.8 Å². The summed E-state index contributed by atoms with van der Waals surface area (Å²) in [5.41, 5.74) is 3.45. The predicted molar refractivity (Wildman–Crippen MR) is 106 cm³/mol. The number of aromatic nitrogens is 1. The Kier molecular flexibility index (Phi) is 5.69. The summed E-state index contributed by atoms with van der Waals surface area (Å²) in [6.45, 7) is 2.44. The fraction of sp³-hybridized carbons (Fsp3) is 0.158. The highest BCUT2D eigenvalue weighted by Gasteiger charge is 2.12. The quantitative estimate of drug-likeness (QED) is 0.663. The van der Waals surface area contributed by atoms with E-state index in [0.717, 1.165) is 16.1 Å². The van der Waals surface area contributed by atoms with Crippen LogP contribution >= 0.6 is 11.3 Å². The first-order valence-electron chi connectivity index (χ1n) is 8.25. The third kappa shape index (κ3) is 5.00. The Bertz CT molecular complexity index is 1040. The molecule has 0 fully saturated rings. The molecular formula is C19H19N3O3S2. The minimum absolute atomic E-state index is 0.0707. The number of carbonyl (C=O) groups excluding carboxylic acids is 1. The van der Waals surface area contributed by atoms with E-state index in [0.29, 0.717) is 18.7 Å². The monoisotopic (exact) mass is 401 g/mol. The van der Waals surface area contributed by atoms with Crippen LogP contribution < -0.4 is 10.5 Å². The molecule has 27 heavy (non-hydrogen) atoms. The van der Waals surface area contributed by atoms with Crippen molar-refractivity contribution < 1.29 is 13.2 Å². The summed E-state index contributed by atoms with van der Waals surface area (Å²) in [5.74, 6) is -0.231. The number of benzene rings is 2. The average Bonchev–Trinajstić information content (AvgIpc) is 3.12. The van der Waals surface area contributed by atoms with Crippen molar-refractivity contribution in [1.82, 2.24) is 10.3 Å². The van der Waals surface area contributed by atoms with Crippen molar-refractivity contribution in [2.45, 2.75) is 18.2 Å². The molecule has 0 aliphatic carbocycles. The Hall–Kier alpha value is -2.55. The first kappa shape index (κ1) is 19.2. The van der Waals surface area contributed by atoms with E-state index in [1.54, 1.807) is 17.5 Å². The van der Waals surface area contributed by atoms with Crippen LogP contribution in [0.3, 0.4) is 0 Å². The van der Waals surface area contributed by atoms with E-state index in [9.17, 15) is 13.2 Å². The van der Waals surface area contributed by atoms with E-state index in [1.807, 2.05) is 31.2 Å². The molecule has 8 heteroatoms. The van der Waals surface area contributed by atoms with Gasteiger partial charge in [-0.3, -0.25) is 4.79 Å². The molecule has 0 aliphatic rings. The summed E-state index contributed by atoms with van der Waals surface area (Å²) in [6.07, 6.45) is 0.575. The second kappa shape index (κ2) is 7.99. The molecule has 3 rings (SSSR count). The van der Waals surface area contributed by atoms with Gasteiger partial charge in [-0.05, 0) is 31.0 Å². The Morgan fingerprint density at radius 3 is 2.41 bits per heavy atom. The molecule has 6 nitrogen and oxygen atoms in total. The van der Waals surface area contributed by atoms with Gasteiger partial charge in [0.15, 0.2) is 0 Å². The Morgan fingerprint density at radius 2 is 1.78 bits per heavy atom. The SMILES string of the molecule is Cc1ccc(-c2nc(C(=O)NCCc3ccc(S(N)(=O)=O)cc3)cs2)cc1. The van der Waals surface area contributed by atoms with E-state index >= 15 is 0 Å². The molecule has 0 radical (unpaired) electrons. The van der Waals surface area contributed by atoms with Gasteiger partial charge in [-0.1, -0.05) is 42.0 Å². The third-order valence-corrected chi connectivity index (χ3v) is 5.81. The number of rotatable bonds is 6. The van der Waals surface area contributed by atoms with Gasteiger partial charge < -0.3 is 5.32 Å². The van der Waals surface area contributed by atoms with Crippen LogP contribution in [0, 0.1) is 6.92 Å². The van der Waals surface area contributed by atoms with Crippen LogP contribution in [-0.4, -0.2) is 25.9 Å². The van der Waals surface area contributed by atoms with Gasteiger partial charge >= 0.3 is 0 Å². The maximum atomic E-state index is 12.3. The molecule has 0 aliphatic heterocycles. The topological polar surface area (TPSA) is 102 Å². The number of nitrogens with zero attached hydrogens (tertiary/aromatic N) is 1. The van der Waals surface area contributed by atoms with Gasteiger partial charge in [0, 0.05) is 17.5 Å². The van der Waals surface area contributed by atoms with Crippen LogP contribution in [0.1, 0.15) is 21.6 Å². The first-order chi connectivity index (χ1) is 12.8. The van der Waals surface area contributed by atoms with Gasteiger partial charge in [-0.2, -0.15) is 0 Å². The number of amides is 1. The van der Waals surface area contributed by atoms with Gasteiger partial charge in [-0.15, -0.1) is 11.3 Å². The van der Waals surface area contributed by atoms with Gasteiger partial charge in [0.25, 0.3) is 5.91 Å². The van der Waals surface area contributed by atoms with Crippen molar-refractivity contribution in [2.24, 2.45) is 5.14 Å². The van der Waals surface area contributed by atoms with E-state index in [-0.39, 0.29) is 10.8 Å². The zero-order chi connectivity index (χ0) is 19.4. The van der Waals surface area contributed by atoms with Crippen molar-refractivity contribution in [3.05, 3.63) is 70.7 Å². The van der Waals surface area contributed by atoms with Crippen LogP contribution in [0.2, 0.25) is 0 Å². The summed E-state index contributed by atoms with van der Waals surface area (Å²) >= 11 is 1.43. The maximum absolute atomic E-state index is 12.3. The molecule has 3 aromatic rings. The molecule has 0 atom stereocenters. The Labute approximate surface area is 162 Å². The number of aryl methyl sites for hydroxylation is 1. The van der Waals surface area contributed by atoms with Crippen molar-refractivity contribution in [3.63, 3.8) is 0 Å². The van der Waals surface area contributed by atoms with Crippen LogP contribution in [0.25, 0.3) is 10.6 Å².